The van der Waals surface area contributed by atoms with Crippen LogP contribution in [0.4, 0.5) is 0 Å². The lowest BCUT2D eigenvalue weighted by molar-refractivity contribution is -0.118. The first-order valence-corrected chi connectivity index (χ1v) is 8.10. The highest BCUT2D eigenvalue weighted by atomic mass is 32.2. The SMILES string of the molecule is O=C(CSC1CCNCC1)NCCC1CCCO1. The van der Waals surface area contributed by atoms with Crippen LogP contribution in [-0.4, -0.2) is 49.3 Å². The summed E-state index contributed by atoms with van der Waals surface area (Å²) in [5.74, 6) is 0.785. The van der Waals surface area contributed by atoms with Gasteiger partial charge in [-0.05, 0) is 45.2 Å². The molecule has 2 N–H and O–H groups in total. The molecule has 1 unspecified atom stereocenters. The Morgan fingerprint density at radius 1 is 1.33 bits per heavy atom. The molecule has 2 aliphatic heterocycles. The zero-order chi connectivity index (χ0) is 12.6. The predicted octanol–water partition coefficient (Wildman–Crippen LogP) is 1.16. The highest BCUT2D eigenvalue weighted by Crippen LogP contribution is 2.19. The molecule has 2 saturated heterocycles. The van der Waals surface area contributed by atoms with Gasteiger partial charge in [0.05, 0.1) is 11.9 Å². The van der Waals surface area contributed by atoms with Crippen molar-refractivity contribution < 1.29 is 9.53 Å². The third kappa shape index (κ3) is 5.16. The average Bonchev–Trinajstić information content (AvgIpc) is 2.91. The number of hydrogen-bond donors (Lipinski definition) is 2. The number of rotatable bonds is 6. The summed E-state index contributed by atoms with van der Waals surface area (Å²) in [6, 6.07) is 0. The molecule has 0 aromatic rings. The van der Waals surface area contributed by atoms with Gasteiger partial charge in [-0.25, -0.2) is 0 Å². The molecule has 0 radical (unpaired) electrons. The second kappa shape index (κ2) is 8.02. The Morgan fingerprint density at radius 3 is 2.89 bits per heavy atom. The molecule has 2 fully saturated rings. The Labute approximate surface area is 114 Å². The highest BCUT2D eigenvalue weighted by Gasteiger charge is 2.16. The fraction of sp³-hybridized carbons (Fsp3) is 0.923. The van der Waals surface area contributed by atoms with Crippen molar-refractivity contribution >= 4 is 17.7 Å². The lowest BCUT2D eigenvalue weighted by Gasteiger charge is -2.21. The minimum Gasteiger partial charge on any atom is -0.378 e. The monoisotopic (exact) mass is 272 g/mol. The molecule has 5 heteroatoms. The van der Waals surface area contributed by atoms with Gasteiger partial charge < -0.3 is 15.4 Å². The van der Waals surface area contributed by atoms with Crippen LogP contribution < -0.4 is 10.6 Å². The van der Waals surface area contributed by atoms with Gasteiger partial charge in [0.25, 0.3) is 0 Å². The van der Waals surface area contributed by atoms with Crippen LogP contribution in [0.3, 0.4) is 0 Å². The molecule has 104 valence electrons. The largest absolute Gasteiger partial charge is 0.378 e. The summed E-state index contributed by atoms with van der Waals surface area (Å²) >= 11 is 1.80. The van der Waals surface area contributed by atoms with Crippen LogP contribution in [0.25, 0.3) is 0 Å². The van der Waals surface area contributed by atoms with Gasteiger partial charge in [0.2, 0.25) is 5.91 Å². The number of nitrogens with one attached hydrogen (secondary N) is 2. The third-order valence-electron chi connectivity index (χ3n) is 3.55. The summed E-state index contributed by atoms with van der Waals surface area (Å²) in [5, 5.41) is 7.00. The van der Waals surface area contributed by atoms with E-state index in [2.05, 4.69) is 10.6 Å². The van der Waals surface area contributed by atoms with Crippen LogP contribution in [0.15, 0.2) is 0 Å². The Bertz CT molecular complexity index is 251. The van der Waals surface area contributed by atoms with Gasteiger partial charge in [0.1, 0.15) is 0 Å². The van der Waals surface area contributed by atoms with Crippen LogP contribution in [-0.2, 0) is 9.53 Å². The van der Waals surface area contributed by atoms with Crippen LogP contribution in [0.1, 0.15) is 32.1 Å². The molecule has 4 nitrogen and oxygen atoms in total. The predicted molar refractivity (Wildman–Crippen MR) is 75.0 cm³/mol. The lowest BCUT2D eigenvalue weighted by atomic mass is 10.2. The van der Waals surface area contributed by atoms with Crippen LogP contribution in [0.2, 0.25) is 0 Å². The maximum Gasteiger partial charge on any atom is 0.230 e. The smallest absolute Gasteiger partial charge is 0.230 e. The quantitative estimate of drug-likeness (QED) is 0.762. The van der Waals surface area contributed by atoms with Crippen molar-refractivity contribution in [1.82, 2.24) is 10.6 Å². The second-order valence-corrected chi connectivity index (χ2v) is 6.32. The van der Waals surface area contributed by atoms with Crippen molar-refractivity contribution in [2.24, 2.45) is 0 Å². The van der Waals surface area contributed by atoms with Gasteiger partial charge in [-0.2, -0.15) is 0 Å². The Kier molecular flexibility index (Phi) is 6.31. The standard InChI is InChI=1S/C13H24N2O2S/c16-13(10-18-12-4-6-14-7-5-12)15-8-3-11-2-1-9-17-11/h11-12,14H,1-10H2,(H,15,16). The van der Waals surface area contributed by atoms with Crippen LogP contribution >= 0.6 is 11.8 Å². The zero-order valence-electron chi connectivity index (χ0n) is 11.0. The number of amides is 1. The van der Waals surface area contributed by atoms with E-state index in [4.69, 9.17) is 4.74 Å². The molecule has 0 aromatic heterocycles. The average molecular weight is 272 g/mol. The minimum absolute atomic E-state index is 0.177. The molecule has 0 aliphatic carbocycles. The molecule has 1 amide bonds. The Morgan fingerprint density at radius 2 is 2.17 bits per heavy atom. The first-order chi connectivity index (χ1) is 8.84. The molecular weight excluding hydrogens is 248 g/mol. The van der Waals surface area contributed by atoms with E-state index in [1.165, 1.54) is 19.3 Å². The molecular formula is C13H24N2O2S. The minimum atomic E-state index is 0.177. The summed E-state index contributed by atoms with van der Waals surface area (Å²) in [5.41, 5.74) is 0. The molecule has 2 aliphatic rings. The van der Waals surface area contributed by atoms with Crippen LogP contribution in [0.5, 0.6) is 0 Å². The Balaban J connectivity index is 1.49. The summed E-state index contributed by atoms with van der Waals surface area (Å²) < 4.78 is 5.53. The summed E-state index contributed by atoms with van der Waals surface area (Å²) in [7, 11) is 0. The number of carbonyl (C=O) groups excluding carboxylic acids is 1. The number of piperidine rings is 1. The van der Waals surface area contributed by atoms with Crippen molar-refractivity contribution in [3.05, 3.63) is 0 Å². The van der Waals surface area contributed by atoms with Gasteiger partial charge in [0.15, 0.2) is 0 Å². The van der Waals surface area contributed by atoms with Crippen molar-refractivity contribution in [3.8, 4) is 0 Å². The lowest BCUT2D eigenvalue weighted by Crippen LogP contribution is -2.32. The summed E-state index contributed by atoms with van der Waals surface area (Å²) in [4.78, 5) is 11.7. The molecule has 0 saturated carbocycles. The molecule has 18 heavy (non-hydrogen) atoms. The molecule has 0 bridgehead atoms. The van der Waals surface area contributed by atoms with E-state index in [-0.39, 0.29) is 5.91 Å². The number of hydrogen-bond acceptors (Lipinski definition) is 4. The van der Waals surface area contributed by atoms with Crippen molar-refractivity contribution in [1.29, 1.82) is 0 Å². The van der Waals surface area contributed by atoms with Gasteiger partial charge in [-0.3, -0.25) is 4.79 Å². The number of thioether (sulfide) groups is 1. The van der Waals surface area contributed by atoms with E-state index in [1.54, 1.807) is 11.8 Å². The van der Waals surface area contributed by atoms with Gasteiger partial charge in [-0.1, -0.05) is 0 Å². The maximum absolute atomic E-state index is 11.7. The van der Waals surface area contributed by atoms with Crippen LogP contribution in [0, 0.1) is 0 Å². The van der Waals surface area contributed by atoms with E-state index in [1.807, 2.05) is 0 Å². The first kappa shape index (κ1) is 14.2. The summed E-state index contributed by atoms with van der Waals surface area (Å²) in [6.45, 7) is 3.84. The van der Waals surface area contributed by atoms with E-state index in [0.717, 1.165) is 39.1 Å². The number of carbonyl (C=O) groups is 1. The zero-order valence-corrected chi connectivity index (χ0v) is 11.8. The van der Waals surface area contributed by atoms with E-state index in [9.17, 15) is 4.79 Å². The molecule has 0 aromatic carbocycles. The fourth-order valence-corrected chi connectivity index (χ4v) is 3.51. The fourth-order valence-electron chi connectivity index (χ4n) is 2.45. The van der Waals surface area contributed by atoms with E-state index < -0.39 is 0 Å². The van der Waals surface area contributed by atoms with Gasteiger partial charge in [0, 0.05) is 18.4 Å². The van der Waals surface area contributed by atoms with E-state index in [0.29, 0.717) is 17.1 Å². The summed E-state index contributed by atoms with van der Waals surface area (Å²) in [6.07, 6.45) is 6.04. The van der Waals surface area contributed by atoms with Gasteiger partial charge in [-0.15, -0.1) is 11.8 Å². The maximum atomic E-state index is 11.7. The second-order valence-electron chi connectivity index (χ2n) is 5.03. The molecule has 0 spiro atoms. The Hall–Kier alpha value is -0.260. The normalized spacial score (nSPS) is 25.2. The van der Waals surface area contributed by atoms with Crippen molar-refractivity contribution in [3.63, 3.8) is 0 Å². The van der Waals surface area contributed by atoms with Crippen molar-refractivity contribution in [2.45, 2.75) is 43.5 Å². The first-order valence-electron chi connectivity index (χ1n) is 7.05. The molecule has 2 rings (SSSR count). The number of ether oxygens (including phenoxy) is 1. The highest BCUT2D eigenvalue weighted by molar-refractivity contribution is 8.00. The topological polar surface area (TPSA) is 50.4 Å². The van der Waals surface area contributed by atoms with E-state index >= 15 is 0 Å². The molecule has 2 heterocycles. The third-order valence-corrected chi connectivity index (χ3v) is 4.92. The molecule has 1 atom stereocenters. The van der Waals surface area contributed by atoms with Gasteiger partial charge >= 0.3 is 0 Å². The van der Waals surface area contributed by atoms with Crippen molar-refractivity contribution in [2.75, 3.05) is 32.0 Å².